The van der Waals surface area contributed by atoms with Crippen LogP contribution >= 0.6 is 0 Å². The molecule has 80 valence electrons. The lowest BCUT2D eigenvalue weighted by molar-refractivity contribution is -0.139. The molecule has 0 unspecified atom stereocenters. The van der Waals surface area contributed by atoms with Gasteiger partial charge in [0.25, 0.3) is 0 Å². The van der Waals surface area contributed by atoms with E-state index >= 15 is 0 Å². The van der Waals surface area contributed by atoms with Crippen molar-refractivity contribution in [3.05, 3.63) is 34.9 Å². The monoisotopic (exact) mass is 206 g/mol. The molecule has 1 aliphatic rings. The van der Waals surface area contributed by atoms with Gasteiger partial charge in [-0.3, -0.25) is 4.79 Å². The molecule has 0 fully saturated rings. The van der Waals surface area contributed by atoms with Crippen LogP contribution in [0.1, 0.15) is 35.6 Å². The molecule has 0 saturated heterocycles. The number of aliphatic carboxylic acids is 1. The van der Waals surface area contributed by atoms with Crippen molar-refractivity contribution >= 4 is 5.97 Å². The summed E-state index contributed by atoms with van der Waals surface area (Å²) in [5.74, 6) is -0.969. The second-order valence-corrected chi connectivity index (χ2v) is 4.00. The molecular formula is C12H14O3. The number of aliphatic hydroxyl groups is 1. The molecule has 1 aromatic rings. The van der Waals surface area contributed by atoms with Crippen molar-refractivity contribution in [2.24, 2.45) is 0 Å². The Labute approximate surface area is 88.4 Å². The maximum atomic E-state index is 10.5. The van der Waals surface area contributed by atoms with Crippen LogP contribution in [0.5, 0.6) is 0 Å². The maximum absolute atomic E-state index is 10.5. The molecule has 0 radical (unpaired) electrons. The molecule has 0 heterocycles. The molecule has 0 aromatic heterocycles. The number of benzene rings is 1. The van der Waals surface area contributed by atoms with Crippen LogP contribution in [0.15, 0.2) is 18.2 Å². The summed E-state index contributed by atoms with van der Waals surface area (Å²) in [6.07, 6.45) is 2.20. The fourth-order valence-corrected chi connectivity index (χ4v) is 2.08. The van der Waals surface area contributed by atoms with Crippen LogP contribution in [-0.4, -0.2) is 16.2 Å². The predicted octanol–water partition coefficient (Wildman–Crippen LogP) is 1.68. The van der Waals surface area contributed by atoms with Gasteiger partial charge in [0.1, 0.15) is 0 Å². The van der Waals surface area contributed by atoms with Gasteiger partial charge in [-0.15, -0.1) is 0 Å². The highest BCUT2D eigenvalue weighted by Gasteiger charge is 2.16. The first-order valence-electron chi connectivity index (χ1n) is 5.18. The Balaban J connectivity index is 2.19. The molecule has 0 bridgehead atoms. The fourth-order valence-electron chi connectivity index (χ4n) is 2.08. The van der Waals surface area contributed by atoms with Crippen molar-refractivity contribution < 1.29 is 15.0 Å². The lowest BCUT2D eigenvalue weighted by atomic mass is 10.0. The van der Waals surface area contributed by atoms with Gasteiger partial charge in [0.05, 0.1) is 12.5 Å². The summed E-state index contributed by atoms with van der Waals surface area (Å²) in [5.41, 5.74) is 3.32. The third kappa shape index (κ3) is 2.18. The molecule has 2 N–H and O–H groups in total. The standard InChI is InChI=1S/C12H14O3/c13-11(7-12(14)15)10-5-4-8-2-1-3-9(8)6-10/h4-6,11,13H,1-3,7H2,(H,14,15)/t11-/m1/s1. The Kier molecular flexibility index (Phi) is 2.73. The van der Waals surface area contributed by atoms with E-state index in [0.29, 0.717) is 0 Å². The van der Waals surface area contributed by atoms with Gasteiger partial charge in [-0.05, 0) is 36.0 Å². The van der Waals surface area contributed by atoms with Gasteiger partial charge in [0.2, 0.25) is 0 Å². The second-order valence-electron chi connectivity index (χ2n) is 4.00. The average molecular weight is 206 g/mol. The van der Waals surface area contributed by atoms with Crippen molar-refractivity contribution in [2.75, 3.05) is 0 Å². The van der Waals surface area contributed by atoms with Gasteiger partial charge >= 0.3 is 5.97 Å². The van der Waals surface area contributed by atoms with Crippen molar-refractivity contribution in [2.45, 2.75) is 31.8 Å². The van der Waals surface area contributed by atoms with E-state index in [1.807, 2.05) is 18.2 Å². The van der Waals surface area contributed by atoms with Crippen LogP contribution in [0.4, 0.5) is 0 Å². The SMILES string of the molecule is O=C(O)C[C@@H](O)c1ccc2c(c1)CCC2. The summed E-state index contributed by atoms with van der Waals surface area (Å²) >= 11 is 0. The molecule has 15 heavy (non-hydrogen) atoms. The van der Waals surface area contributed by atoms with Gasteiger partial charge in [-0.2, -0.15) is 0 Å². The molecule has 0 amide bonds. The lowest BCUT2D eigenvalue weighted by Gasteiger charge is -2.10. The molecule has 1 aliphatic carbocycles. The van der Waals surface area contributed by atoms with Crippen LogP contribution in [-0.2, 0) is 17.6 Å². The first kappa shape index (κ1) is 10.2. The summed E-state index contributed by atoms with van der Waals surface area (Å²) in [4.78, 5) is 10.5. The Morgan fingerprint density at radius 3 is 2.80 bits per heavy atom. The molecular weight excluding hydrogens is 192 g/mol. The summed E-state index contributed by atoms with van der Waals surface area (Å²) in [7, 11) is 0. The van der Waals surface area contributed by atoms with Crippen LogP contribution in [0.3, 0.4) is 0 Å². The summed E-state index contributed by atoms with van der Waals surface area (Å²) < 4.78 is 0. The number of aryl methyl sites for hydroxylation is 2. The number of fused-ring (bicyclic) bond motifs is 1. The Hall–Kier alpha value is -1.35. The molecule has 0 aliphatic heterocycles. The highest BCUT2D eigenvalue weighted by atomic mass is 16.4. The summed E-state index contributed by atoms with van der Waals surface area (Å²) in [6.45, 7) is 0. The number of carboxylic acids is 1. The Morgan fingerprint density at radius 2 is 2.07 bits per heavy atom. The van der Waals surface area contributed by atoms with Gasteiger partial charge < -0.3 is 10.2 Å². The quantitative estimate of drug-likeness (QED) is 0.791. The molecule has 0 saturated carbocycles. The van der Waals surface area contributed by atoms with E-state index in [-0.39, 0.29) is 6.42 Å². The van der Waals surface area contributed by atoms with Gasteiger partial charge in [0, 0.05) is 0 Å². The molecule has 1 aromatic carbocycles. The number of carbonyl (C=O) groups is 1. The normalized spacial score (nSPS) is 16.1. The zero-order valence-corrected chi connectivity index (χ0v) is 8.44. The summed E-state index contributed by atoms with van der Waals surface area (Å²) in [5, 5.41) is 18.2. The van der Waals surface area contributed by atoms with Crippen molar-refractivity contribution in [1.82, 2.24) is 0 Å². The second kappa shape index (κ2) is 4.03. The lowest BCUT2D eigenvalue weighted by Crippen LogP contribution is -2.05. The van der Waals surface area contributed by atoms with Crippen molar-refractivity contribution in [3.63, 3.8) is 0 Å². The first-order chi connectivity index (χ1) is 7.16. The minimum atomic E-state index is -0.969. The first-order valence-corrected chi connectivity index (χ1v) is 5.18. The van der Waals surface area contributed by atoms with E-state index in [0.717, 1.165) is 24.8 Å². The van der Waals surface area contributed by atoms with Gasteiger partial charge in [-0.25, -0.2) is 0 Å². The number of hydrogen-bond acceptors (Lipinski definition) is 2. The number of carboxylic acid groups (broad SMARTS) is 1. The zero-order valence-electron chi connectivity index (χ0n) is 8.44. The molecule has 2 rings (SSSR count). The Bertz CT molecular complexity index is 384. The topological polar surface area (TPSA) is 57.5 Å². The predicted molar refractivity (Wildman–Crippen MR) is 55.7 cm³/mol. The third-order valence-corrected chi connectivity index (χ3v) is 2.88. The number of rotatable bonds is 3. The van der Waals surface area contributed by atoms with E-state index in [1.54, 1.807) is 0 Å². The van der Waals surface area contributed by atoms with Crippen LogP contribution < -0.4 is 0 Å². The minimum absolute atomic E-state index is 0.223. The number of aliphatic hydroxyl groups excluding tert-OH is 1. The van der Waals surface area contributed by atoms with E-state index in [9.17, 15) is 9.90 Å². The average Bonchev–Trinajstić information content (AvgIpc) is 2.62. The van der Waals surface area contributed by atoms with Crippen LogP contribution in [0.2, 0.25) is 0 Å². The van der Waals surface area contributed by atoms with Crippen LogP contribution in [0.25, 0.3) is 0 Å². The molecule has 0 spiro atoms. The smallest absolute Gasteiger partial charge is 0.306 e. The molecule has 1 atom stereocenters. The van der Waals surface area contributed by atoms with E-state index < -0.39 is 12.1 Å². The zero-order chi connectivity index (χ0) is 10.8. The highest BCUT2D eigenvalue weighted by molar-refractivity contribution is 5.67. The fraction of sp³-hybridized carbons (Fsp3) is 0.417. The Morgan fingerprint density at radius 1 is 1.33 bits per heavy atom. The van der Waals surface area contributed by atoms with Crippen molar-refractivity contribution in [3.8, 4) is 0 Å². The highest BCUT2D eigenvalue weighted by Crippen LogP contribution is 2.26. The van der Waals surface area contributed by atoms with Gasteiger partial charge in [-0.1, -0.05) is 18.2 Å². The largest absolute Gasteiger partial charge is 0.481 e. The van der Waals surface area contributed by atoms with Crippen molar-refractivity contribution in [1.29, 1.82) is 0 Å². The van der Waals surface area contributed by atoms with E-state index in [4.69, 9.17) is 5.11 Å². The molecule has 3 heteroatoms. The maximum Gasteiger partial charge on any atom is 0.306 e. The van der Waals surface area contributed by atoms with E-state index in [1.165, 1.54) is 11.1 Å². The van der Waals surface area contributed by atoms with Gasteiger partial charge in [0.15, 0.2) is 0 Å². The summed E-state index contributed by atoms with van der Waals surface area (Å²) in [6, 6.07) is 5.77. The molecule has 3 nitrogen and oxygen atoms in total. The number of hydrogen-bond donors (Lipinski definition) is 2. The van der Waals surface area contributed by atoms with E-state index in [2.05, 4.69) is 0 Å². The van der Waals surface area contributed by atoms with Crippen LogP contribution in [0, 0.1) is 0 Å². The third-order valence-electron chi connectivity index (χ3n) is 2.88. The minimum Gasteiger partial charge on any atom is -0.481 e.